The molecule has 0 bridgehead atoms. The monoisotopic (exact) mass is 1150 g/mol. The van der Waals surface area contributed by atoms with Gasteiger partial charge < -0.3 is 24.9 Å². The highest BCUT2D eigenvalue weighted by Crippen LogP contribution is 2.54. The van der Waals surface area contributed by atoms with Crippen LogP contribution >= 0.6 is 23.1 Å². The van der Waals surface area contributed by atoms with Crippen LogP contribution in [0.1, 0.15) is 107 Å². The van der Waals surface area contributed by atoms with Gasteiger partial charge in [-0.2, -0.15) is 35.1 Å². The Hall–Kier alpha value is -7.49. The van der Waals surface area contributed by atoms with E-state index in [0.29, 0.717) is 60.5 Å². The maximum absolute atomic E-state index is 15.3. The largest absolute Gasteiger partial charge is 0.446 e. The van der Waals surface area contributed by atoms with Crippen LogP contribution in [-0.4, -0.2) is 65.3 Å². The van der Waals surface area contributed by atoms with Crippen molar-refractivity contribution in [2.75, 3.05) is 13.1 Å². The van der Waals surface area contributed by atoms with Gasteiger partial charge in [-0.15, -0.1) is 11.3 Å². The first-order valence-corrected chi connectivity index (χ1v) is 27.9. The number of aliphatic hydroxyl groups is 1. The van der Waals surface area contributed by atoms with E-state index in [9.17, 15) is 50.6 Å². The molecule has 4 aliphatic rings. The average molecular weight is 1150 g/mol. The molecule has 418 valence electrons. The van der Waals surface area contributed by atoms with E-state index in [2.05, 4.69) is 39.6 Å². The van der Waals surface area contributed by atoms with E-state index in [-0.39, 0.29) is 64.3 Å². The number of halogens is 8. The molecular weight excluding hydrogens is 1100 g/mol. The molecule has 1 unspecified atom stereocenters. The lowest BCUT2D eigenvalue weighted by atomic mass is 9.91. The molecule has 21 heteroatoms. The molecule has 0 saturated heterocycles. The maximum atomic E-state index is 15.3. The Morgan fingerprint density at radius 3 is 1.85 bits per heavy atom. The Labute approximate surface area is 466 Å². The van der Waals surface area contributed by atoms with Gasteiger partial charge in [-0.05, 0) is 121 Å². The fourth-order valence-corrected chi connectivity index (χ4v) is 12.6. The van der Waals surface area contributed by atoms with Crippen LogP contribution in [0.5, 0.6) is 0 Å². The normalized spacial score (nSPS) is 17.0. The van der Waals surface area contributed by atoms with Gasteiger partial charge in [-0.1, -0.05) is 97.1 Å². The summed E-state index contributed by atoms with van der Waals surface area (Å²) in [6, 6.07) is 34.1. The van der Waals surface area contributed by atoms with Crippen molar-refractivity contribution in [2.24, 2.45) is 0 Å². The number of thioether (sulfide) groups is 1. The molecule has 3 N–H and O–H groups in total. The first-order valence-electron chi connectivity index (χ1n) is 26.2. The number of hydrogen-bond acceptors (Lipinski definition) is 9. The Balaban J connectivity index is 0.000000175. The number of alkyl halides is 8. The quantitative estimate of drug-likeness (QED) is 0.0904. The van der Waals surface area contributed by atoms with Gasteiger partial charge in [0.2, 0.25) is 0 Å². The number of fused-ring (bicyclic) bond motifs is 3. The smallest absolute Gasteiger partial charge is 0.378 e. The highest BCUT2D eigenvalue weighted by molar-refractivity contribution is 8.00. The van der Waals surface area contributed by atoms with Crippen molar-refractivity contribution in [3.8, 4) is 11.1 Å². The highest BCUT2D eigenvalue weighted by atomic mass is 32.2. The lowest BCUT2D eigenvalue weighted by Gasteiger charge is -2.26. The van der Waals surface area contributed by atoms with Crippen LogP contribution in [-0.2, 0) is 58.4 Å². The first kappa shape index (κ1) is 55.4. The molecule has 5 aromatic carbocycles. The van der Waals surface area contributed by atoms with E-state index in [1.54, 1.807) is 11.3 Å². The van der Waals surface area contributed by atoms with E-state index < -0.39 is 64.2 Å². The molecule has 11 nitrogen and oxygen atoms in total. The van der Waals surface area contributed by atoms with Gasteiger partial charge in [0.25, 0.3) is 22.9 Å². The fourth-order valence-electron chi connectivity index (χ4n) is 11.0. The third kappa shape index (κ3) is 11.2. The second kappa shape index (κ2) is 21.4. The standard InChI is InChI=1S/C34H26F5N3O2S.C26H24F3N3O3S/c35-33(36,22-8-4-9-23(17-22)34(37,38)39)31(44)42-15-5-11-27-25(18-42)29(43)41-30(40-27)32(13-14-32)21-7-3-6-20(16-21)26-19-45-28-12-2-1-10-24(26)28;27-26(28,29)36-18-9-4-6-16(14-18)21(33)23(35)32-13-5-10-20-19(15-32)22(34)31-24(30-20)25(11-12-25)17-7-2-1-3-8-17/h1-4,6-10,12,16-17,19H,5,11,13-15,18H2,(H,40,41,43);1-4,6-9,14,21,33H,5,10-13,15H2,(H,30,31,34). The second-order valence-electron chi connectivity index (χ2n) is 20.8. The van der Waals surface area contributed by atoms with Crippen molar-refractivity contribution in [3.63, 3.8) is 0 Å². The van der Waals surface area contributed by atoms with E-state index >= 15 is 8.78 Å². The summed E-state index contributed by atoms with van der Waals surface area (Å²) in [4.78, 5) is 70.3. The van der Waals surface area contributed by atoms with Crippen LogP contribution in [0.2, 0.25) is 0 Å². The van der Waals surface area contributed by atoms with Crippen LogP contribution in [0, 0.1) is 0 Å². The second-order valence-corrected chi connectivity index (χ2v) is 22.9. The summed E-state index contributed by atoms with van der Waals surface area (Å²) >= 11 is 1.37. The molecule has 1 atom stereocenters. The summed E-state index contributed by atoms with van der Waals surface area (Å²) in [5.41, 5.74) is -2.46. The number of aryl methyl sites for hydroxylation is 2. The summed E-state index contributed by atoms with van der Waals surface area (Å²) in [7, 11) is 0. The SMILES string of the molecule is O=C(C(O)c1cccc(SC(F)(F)F)c1)N1CCCc2nc(C3(c4ccccc4)CC3)[nH]c(=O)c2C1.O=C(N1CCCc2nc(C3(c4cccc(-c5csc6ccccc56)c4)CC3)[nH]c(=O)c2C1)C(F)(F)c1cccc(C(F)(F)F)c1. The number of hydrogen-bond donors (Lipinski definition) is 3. The number of aromatic amines is 2. The van der Waals surface area contributed by atoms with Gasteiger partial charge in [0.1, 0.15) is 11.6 Å². The molecule has 8 aromatic rings. The van der Waals surface area contributed by atoms with Crippen molar-refractivity contribution >= 4 is 45.0 Å². The van der Waals surface area contributed by atoms with E-state index in [1.807, 2.05) is 54.6 Å². The minimum atomic E-state index is -4.84. The van der Waals surface area contributed by atoms with Crippen LogP contribution in [0.3, 0.4) is 0 Å². The van der Waals surface area contributed by atoms with Gasteiger partial charge in [-0.3, -0.25) is 19.2 Å². The molecule has 12 rings (SSSR count). The number of aromatic nitrogens is 4. The molecule has 2 aliphatic carbocycles. The predicted octanol–water partition coefficient (Wildman–Crippen LogP) is 12.3. The van der Waals surface area contributed by atoms with Crippen molar-refractivity contribution in [3.05, 3.63) is 215 Å². The molecule has 3 aromatic heterocycles. The molecule has 81 heavy (non-hydrogen) atoms. The minimum Gasteiger partial charge on any atom is -0.378 e. The number of nitrogens with zero attached hydrogens (tertiary/aromatic N) is 4. The van der Waals surface area contributed by atoms with Crippen molar-refractivity contribution in [1.82, 2.24) is 29.7 Å². The van der Waals surface area contributed by atoms with Crippen molar-refractivity contribution in [1.29, 1.82) is 0 Å². The number of aliphatic hydroxyl groups excluding tert-OH is 1. The van der Waals surface area contributed by atoms with E-state index in [4.69, 9.17) is 9.97 Å². The van der Waals surface area contributed by atoms with Gasteiger partial charge in [0, 0.05) is 39.2 Å². The van der Waals surface area contributed by atoms with Crippen LogP contribution in [0.25, 0.3) is 21.2 Å². The molecule has 2 saturated carbocycles. The highest BCUT2D eigenvalue weighted by Gasteiger charge is 2.51. The Bertz CT molecular complexity index is 3840. The summed E-state index contributed by atoms with van der Waals surface area (Å²) in [6.45, 7) is -0.246. The third-order valence-corrected chi connectivity index (χ3v) is 17.3. The van der Waals surface area contributed by atoms with Crippen molar-refractivity contribution < 1.29 is 49.8 Å². The van der Waals surface area contributed by atoms with Crippen LogP contribution in [0.15, 0.2) is 147 Å². The number of H-pyrrole nitrogens is 2. The maximum Gasteiger partial charge on any atom is 0.446 e. The van der Waals surface area contributed by atoms with E-state index in [1.165, 1.54) is 33.2 Å². The van der Waals surface area contributed by atoms with Gasteiger partial charge >= 0.3 is 17.6 Å². The lowest BCUT2D eigenvalue weighted by molar-refractivity contribution is -0.160. The number of amides is 2. The average Bonchev–Trinajstić information content (AvgIpc) is 3.31. The molecular formula is C60H50F8N6O5S2. The molecule has 2 aliphatic heterocycles. The molecule has 2 fully saturated rings. The molecule has 0 radical (unpaired) electrons. The molecule has 0 spiro atoms. The Morgan fingerprint density at radius 1 is 0.642 bits per heavy atom. The van der Waals surface area contributed by atoms with Gasteiger partial charge in [0.15, 0.2) is 6.10 Å². The van der Waals surface area contributed by atoms with Gasteiger partial charge in [0.05, 0.1) is 52.0 Å². The molecule has 2 amide bonds. The first-order chi connectivity index (χ1) is 38.6. The number of rotatable bonds is 10. The summed E-state index contributed by atoms with van der Waals surface area (Å²) in [6.07, 6.45) is -1.54. The fraction of sp³-hybridized carbons (Fsp3) is 0.300. The van der Waals surface area contributed by atoms with Crippen LogP contribution in [0.4, 0.5) is 35.1 Å². The topological polar surface area (TPSA) is 152 Å². The lowest BCUT2D eigenvalue weighted by Crippen LogP contribution is -2.42. The minimum absolute atomic E-state index is 0.0246. The summed E-state index contributed by atoms with van der Waals surface area (Å²) in [5.74, 6) is -5.40. The predicted molar refractivity (Wildman–Crippen MR) is 290 cm³/mol. The zero-order chi connectivity index (χ0) is 57.1. The molecule has 5 heterocycles. The number of carbonyl (C=O) groups is 2. The summed E-state index contributed by atoms with van der Waals surface area (Å²) < 4.78 is 109. The Morgan fingerprint density at radius 2 is 1.21 bits per heavy atom. The summed E-state index contributed by atoms with van der Waals surface area (Å²) in [5, 5.41) is 14.0. The number of carbonyl (C=O) groups excluding carboxylic acids is 2. The zero-order valence-corrected chi connectivity index (χ0v) is 44.6. The van der Waals surface area contributed by atoms with Crippen molar-refractivity contribution in [2.45, 2.75) is 104 Å². The number of benzene rings is 5. The van der Waals surface area contributed by atoms with Crippen LogP contribution < -0.4 is 11.1 Å². The zero-order valence-electron chi connectivity index (χ0n) is 43.0. The number of thiophene rings is 1. The van der Waals surface area contributed by atoms with E-state index in [0.717, 1.165) is 71.0 Å². The number of nitrogens with one attached hydrogen (secondary N) is 2. The van der Waals surface area contributed by atoms with Gasteiger partial charge in [-0.25, -0.2) is 9.97 Å². The Kier molecular flexibility index (Phi) is 14.7. The third-order valence-electron chi connectivity index (χ3n) is 15.6.